The van der Waals surface area contributed by atoms with Gasteiger partial charge >= 0.3 is 5.69 Å². The second kappa shape index (κ2) is 5.71. The number of nitrogens with zero attached hydrogens (tertiary/aromatic N) is 2. The maximum Gasteiger partial charge on any atom is 0.334 e. The first kappa shape index (κ1) is 15.3. The molecule has 21 heavy (non-hydrogen) atoms. The Morgan fingerprint density at radius 1 is 1.33 bits per heavy atom. The smallest absolute Gasteiger partial charge is 0.297 e. The first-order valence-corrected chi connectivity index (χ1v) is 6.60. The first-order valence-electron chi connectivity index (χ1n) is 5.84. The number of aromatic amines is 1. The van der Waals surface area contributed by atoms with Crippen LogP contribution in [0.5, 0.6) is 0 Å². The lowest BCUT2D eigenvalue weighted by Gasteiger charge is -2.09. The minimum atomic E-state index is -0.815. The van der Waals surface area contributed by atoms with Crippen LogP contribution in [-0.4, -0.2) is 14.5 Å². The maximum absolute atomic E-state index is 12.3. The molecule has 0 bridgehead atoms. The van der Waals surface area contributed by atoms with Gasteiger partial charge in [0.2, 0.25) is 0 Å². The second-order valence-electron chi connectivity index (χ2n) is 4.11. The number of halogens is 2. The third kappa shape index (κ3) is 2.70. The molecule has 0 radical (unpaired) electrons. The van der Waals surface area contributed by atoms with E-state index in [0.29, 0.717) is 6.42 Å². The molecule has 0 aliphatic heterocycles. The van der Waals surface area contributed by atoms with Crippen LogP contribution in [0.15, 0.2) is 27.8 Å². The standard InChI is InChI=1S/C12H9Cl2N3O4/c1-2-7-10(14)15-12(19)16(11(7)18)9-5-6(17(20)21)3-4-8(9)13/h3-5H,2H2,1H3,(H,15,19). The van der Waals surface area contributed by atoms with Crippen LogP contribution in [0.4, 0.5) is 5.69 Å². The molecule has 0 unspecified atom stereocenters. The minimum absolute atomic E-state index is 0.0394. The van der Waals surface area contributed by atoms with Crippen LogP contribution in [-0.2, 0) is 6.42 Å². The van der Waals surface area contributed by atoms with Gasteiger partial charge in [-0.05, 0) is 12.5 Å². The predicted octanol–water partition coefficient (Wildman–Crippen LogP) is 2.30. The van der Waals surface area contributed by atoms with Crippen molar-refractivity contribution in [1.29, 1.82) is 0 Å². The molecular formula is C12H9Cl2N3O4. The van der Waals surface area contributed by atoms with E-state index in [-0.39, 0.29) is 27.1 Å². The van der Waals surface area contributed by atoms with E-state index in [4.69, 9.17) is 23.2 Å². The monoisotopic (exact) mass is 329 g/mol. The van der Waals surface area contributed by atoms with Crippen molar-refractivity contribution in [2.45, 2.75) is 13.3 Å². The van der Waals surface area contributed by atoms with Gasteiger partial charge in [0.25, 0.3) is 11.2 Å². The number of nitrogens with one attached hydrogen (secondary N) is 1. The summed E-state index contributed by atoms with van der Waals surface area (Å²) < 4.78 is 0.736. The Morgan fingerprint density at radius 2 is 2.00 bits per heavy atom. The van der Waals surface area contributed by atoms with Gasteiger partial charge in [0.05, 0.1) is 21.2 Å². The van der Waals surface area contributed by atoms with E-state index < -0.39 is 16.2 Å². The summed E-state index contributed by atoms with van der Waals surface area (Å²) in [4.78, 5) is 36.7. The summed E-state index contributed by atoms with van der Waals surface area (Å²) in [6.45, 7) is 1.69. The zero-order valence-electron chi connectivity index (χ0n) is 10.7. The summed E-state index contributed by atoms with van der Waals surface area (Å²) in [5.41, 5.74) is -1.63. The summed E-state index contributed by atoms with van der Waals surface area (Å²) in [5.74, 6) is 0. The van der Waals surface area contributed by atoms with Crippen molar-refractivity contribution in [3.05, 3.63) is 64.9 Å². The van der Waals surface area contributed by atoms with E-state index in [9.17, 15) is 19.7 Å². The molecule has 0 amide bonds. The molecule has 0 aliphatic carbocycles. The number of benzene rings is 1. The molecule has 0 fully saturated rings. The molecule has 110 valence electrons. The van der Waals surface area contributed by atoms with Crippen LogP contribution in [0.1, 0.15) is 12.5 Å². The average Bonchev–Trinajstić information content (AvgIpc) is 2.40. The highest BCUT2D eigenvalue weighted by molar-refractivity contribution is 6.32. The zero-order valence-corrected chi connectivity index (χ0v) is 12.2. The number of hydrogen-bond acceptors (Lipinski definition) is 4. The maximum atomic E-state index is 12.3. The SMILES string of the molecule is CCc1c(Cl)[nH]c(=O)n(-c2cc([N+](=O)[O-])ccc2Cl)c1=O. The number of non-ortho nitro benzene ring substituents is 1. The van der Waals surface area contributed by atoms with Crippen molar-refractivity contribution in [2.75, 3.05) is 0 Å². The number of H-pyrrole nitrogens is 1. The van der Waals surface area contributed by atoms with Gasteiger partial charge in [-0.2, -0.15) is 0 Å². The van der Waals surface area contributed by atoms with E-state index in [1.165, 1.54) is 12.1 Å². The molecule has 1 aromatic carbocycles. The van der Waals surface area contributed by atoms with Crippen LogP contribution >= 0.6 is 23.2 Å². The molecule has 7 nitrogen and oxygen atoms in total. The van der Waals surface area contributed by atoms with Crippen LogP contribution in [0.25, 0.3) is 5.69 Å². The number of nitro benzene ring substituents is 1. The topological polar surface area (TPSA) is 98.0 Å². The molecule has 0 saturated carbocycles. The quantitative estimate of drug-likeness (QED) is 0.530. The van der Waals surface area contributed by atoms with Crippen molar-refractivity contribution in [2.24, 2.45) is 0 Å². The normalized spacial score (nSPS) is 10.6. The molecule has 2 rings (SSSR count). The lowest BCUT2D eigenvalue weighted by molar-refractivity contribution is -0.384. The van der Waals surface area contributed by atoms with Crippen molar-refractivity contribution in [3.63, 3.8) is 0 Å². The highest BCUT2D eigenvalue weighted by Gasteiger charge is 2.17. The van der Waals surface area contributed by atoms with Gasteiger partial charge in [-0.3, -0.25) is 19.9 Å². The fraction of sp³-hybridized carbons (Fsp3) is 0.167. The molecule has 0 aliphatic rings. The zero-order chi connectivity index (χ0) is 15.7. The predicted molar refractivity (Wildman–Crippen MR) is 78.7 cm³/mol. The molecule has 9 heteroatoms. The minimum Gasteiger partial charge on any atom is -0.297 e. The Balaban J connectivity index is 2.85. The van der Waals surface area contributed by atoms with Gasteiger partial charge in [-0.15, -0.1) is 0 Å². The van der Waals surface area contributed by atoms with Gasteiger partial charge in [0.15, 0.2) is 0 Å². The van der Waals surface area contributed by atoms with E-state index >= 15 is 0 Å². The second-order valence-corrected chi connectivity index (χ2v) is 4.89. The molecule has 1 aromatic heterocycles. The third-order valence-corrected chi connectivity index (χ3v) is 3.52. The van der Waals surface area contributed by atoms with Gasteiger partial charge in [0.1, 0.15) is 5.15 Å². The van der Waals surface area contributed by atoms with Gasteiger partial charge in [0, 0.05) is 12.1 Å². The van der Waals surface area contributed by atoms with Crippen molar-refractivity contribution < 1.29 is 4.92 Å². The van der Waals surface area contributed by atoms with Gasteiger partial charge in [-0.25, -0.2) is 9.36 Å². The summed E-state index contributed by atoms with van der Waals surface area (Å²) in [6.07, 6.45) is 0.293. The van der Waals surface area contributed by atoms with Crippen LogP contribution in [0, 0.1) is 10.1 Å². The van der Waals surface area contributed by atoms with Gasteiger partial charge in [-0.1, -0.05) is 30.1 Å². The van der Waals surface area contributed by atoms with Crippen molar-refractivity contribution >= 4 is 28.9 Å². The Bertz CT molecular complexity index is 841. The summed E-state index contributed by atoms with van der Waals surface area (Å²) in [5, 5.41) is 10.8. The molecular weight excluding hydrogens is 321 g/mol. The number of rotatable bonds is 3. The molecule has 1 N–H and O–H groups in total. The van der Waals surface area contributed by atoms with Crippen LogP contribution in [0.3, 0.4) is 0 Å². The van der Waals surface area contributed by atoms with E-state index in [1.807, 2.05) is 0 Å². The summed E-state index contributed by atoms with van der Waals surface area (Å²) >= 11 is 11.8. The lowest BCUT2D eigenvalue weighted by Crippen LogP contribution is -2.36. The number of hydrogen-bond donors (Lipinski definition) is 1. The Hall–Kier alpha value is -2.12. The van der Waals surface area contributed by atoms with Crippen LogP contribution in [0.2, 0.25) is 10.2 Å². The Labute approximate surface area is 127 Å². The lowest BCUT2D eigenvalue weighted by atomic mass is 10.2. The Kier molecular flexibility index (Phi) is 4.15. The molecule has 0 atom stereocenters. The summed E-state index contributed by atoms with van der Waals surface area (Å²) in [7, 11) is 0. The molecule has 0 saturated heterocycles. The van der Waals surface area contributed by atoms with Crippen LogP contribution < -0.4 is 11.2 Å². The van der Waals surface area contributed by atoms with Crippen molar-refractivity contribution in [3.8, 4) is 5.69 Å². The largest absolute Gasteiger partial charge is 0.334 e. The van der Waals surface area contributed by atoms with Gasteiger partial charge < -0.3 is 0 Å². The fourth-order valence-corrected chi connectivity index (χ4v) is 2.35. The highest BCUT2D eigenvalue weighted by Crippen LogP contribution is 2.24. The van der Waals surface area contributed by atoms with Crippen molar-refractivity contribution in [1.82, 2.24) is 9.55 Å². The average molecular weight is 330 g/mol. The first-order chi connectivity index (χ1) is 9.86. The molecule has 1 heterocycles. The number of aromatic nitrogens is 2. The van der Waals surface area contributed by atoms with E-state index in [2.05, 4.69) is 4.98 Å². The number of nitro groups is 1. The molecule has 0 spiro atoms. The Morgan fingerprint density at radius 3 is 2.57 bits per heavy atom. The highest BCUT2D eigenvalue weighted by atomic mass is 35.5. The third-order valence-electron chi connectivity index (χ3n) is 2.88. The fourth-order valence-electron chi connectivity index (χ4n) is 1.86. The van der Waals surface area contributed by atoms with E-state index in [0.717, 1.165) is 10.6 Å². The summed E-state index contributed by atoms with van der Waals surface area (Å²) in [6, 6.07) is 3.50. The molecule has 2 aromatic rings. The van der Waals surface area contributed by atoms with E-state index in [1.54, 1.807) is 6.92 Å².